The van der Waals surface area contributed by atoms with Crippen LogP contribution in [0.4, 0.5) is 11.8 Å². The summed E-state index contributed by atoms with van der Waals surface area (Å²) in [6.07, 6.45) is 1.64. The number of ether oxygens (including phenoxy) is 1. The number of nitrogen functional groups attached to an aromatic ring is 1. The van der Waals surface area contributed by atoms with E-state index in [9.17, 15) is 0 Å². The maximum atomic E-state index is 8.99. The van der Waals surface area contributed by atoms with Crippen LogP contribution in [0.3, 0.4) is 0 Å². The molecule has 4 heterocycles. The van der Waals surface area contributed by atoms with Gasteiger partial charge >= 0.3 is 0 Å². The third kappa shape index (κ3) is 2.62. The van der Waals surface area contributed by atoms with Crippen LogP contribution >= 0.6 is 11.3 Å². The van der Waals surface area contributed by atoms with Crippen LogP contribution in [0.2, 0.25) is 0 Å². The van der Waals surface area contributed by atoms with Gasteiger partial charge < -0.3 is 15.4 Å². The zero-order chi connectivity index (χ0) is 16.5. The molecule has 3 aromatic heterocycles. The Morgan fingerprint density at radius 3 is 2.79 bits per heavy atom. The van der Waals surface area contributed by atoms with E-state index < -0.39 is 0 Å². The zero-order valence-electron chi connectivity index (χ0n) is 12.6. The molecule has 24 heavy (non-hydrogen) atoms. The van der Waals surface area contributed by atoms with Gasteiger partial charge in [0.2, 0.25) is 5.95 Å². The average Bonchev–Trinajstić information content (AvgIpc) is 3.10. The summed E-state index contributed by atoms with van der Waals surface area (Å²) >= 11 is 1.38. The average molecular weight is 339 g/mol. The van der Waals surface area contributed by atoms with Crippen molar-refractivity contribution in [2.45, 2.75) is 0 Å². The molecule has 9 heteroatoms. The lowest BCUT2D eigenvalue weighted by molar-refractivity contribution is 0.122. The van der Waals surface area contributed by atoms with Gasteiger partial charge in [0.15, 0.2) is 17.0 Å². The molecule has 1 fully saturated rings. The van der Waals surface area contributed by atoms with E-state index in [1.54, 1.807) is 12.3 Å². The number of aromatic nitrogens is 4. The number of morpholine rings is 1. The fourth-order valence-electron chi connectivity index (χ4n) is 2.56. The van der Waals surface area contributed by atoms with Crippen molar-refractivity contribution in [1.29, 1.82) is 5.26 Å². The summed E-state index contributed by atoms with van der Waals surface area (Å²) in [7, 11) is 0. The molecule has 0 aromatic carbocycles. The number of rotatable bonds is 2. The van der Waals surface area contributed by atoms with Gasteiger partial charge in [-0.05, 0) is 12.1 Å². The Kier molecular flexibility index (Phi) is 3.68. The fourth-order valence-corrected chi connectivity index (χ4v) is 3.32. The van der Waals surface area contributed by atoms with E-state index in [1.807, 2.05) is 6.07 Å². The predicted molar refractivity (Wildman–Crippen MR) is 90.6 cm³/mol. The Balaban J connectivity index is 1.85. The summed E-state index contributed by atoms with van der Waals surface area (Å²) in [4.78, 5) is 21.2. The molecule has 4 rings (SSSR count). The second kappa shape index (κ2) is 5.99. The van der Waals surface area contributed by atoms with Crippen LogP contribution < -0.4 is 10.6 Å². The van der Waals surface area contributed by atoms with E-state index in [-0.39, 0.29) is 5.95 Å². The summed E-state index contributed by atoms with van der Waals surface area (Å²) in [6, 6.07) is 5.77. The maximum absolute atomic E-state index is 8.99. The molecule has 0 amide bonds. The Morgan fingerprint density at radius 1 is 1.21 bits per heavy atom. The largest absolute Gasteiger partial charge is 0.378 e. The summed E-state index contributed by atoms with van der Waals surface area (Å²) < 4.78 is 5.39. The summed E-state index contributed by atoms with van der Waals surface area (Å²) in [5.74, 6) is 0.848. The lowest BCUT2D eigenvalue weighted by Gasteiger charge is -2.28. The van der Waals surface area contributed by atoms with Crippen LogP contribution in [0.1, 0.15) is 4.88 Å². The lowest BCUT2D eigenvalue weighted by Crippen LogP contribution is -2.37. The van der Waals surface area contributed by atoms with Crippen LogP contribution in [-0.4, -0.2) is 46.2 Å². The molecule has 3 aromatic rings. The number of hydrogen-bond donors (Lipinski definition) is 1. The molecule has 0 unspecified atom stereocenters. The van der Waals surface area contributed by atoms with Crippen LogP contribution in [0.25, 0.3) is 21.7 Å². The van der Waals surface area contributed by atoms with Gasteiger partial charge in [0.1, 0.15) is 10.9 Å². The number of anilines is 2. The summed E-state index contributed by atoms with van der Waals surface area (Å²) in [5, 5.41) is 8.99. The molecular formula is C15H13N7OS. The van der Waals surface area contributed by atoms with Crippen molar-refractivity contribution in [2.75, 3.05) is 36.9 Å². The van der Waals surface area contributed by atoms with E-state index >= 15 is 0 Å². The first-order chi connectivity index (χ1) is 11.7. The predicted octanol–water partition coefficient (Wildman–Crippen LogP) is 1.44. The van der Waals surface area contributed by atoms with E-state index in [4.69, 9.17) is 15.7 Å². The van der Waals surface area contributed by atoms with Crippen molar-refractivity contribution in [1.82, 2.24) is 19.9 Å². The Labute approximate surface area is 141 Å². The van der Waals surface area contributed by atoms with E-state index in [1.165, 1.54) is 11.3 Å². The number of thiophene rings is 1. The Hall–Kier alpha value is -2.83. The quantitative estimate of drug-likeness (QED) is 0.746. The third-order valence-corrected chi connectivity index (χ3v) is 4.70. The third-order valence-electron chi connectivity index (χ3n) is 3.69. The maximum Gasteiger partial charge on any atom is 0.224 e. The number of nitrogens with two attached hydrogens (primary N) is 1. The molecule has 8 nitrogen and oxygen atoms in total. The zero-order valence-corrected chi connectivity index (χ0v) is 13.5. The molecular weight excluding hydrogens is 326 g/mol. The van der Waals surface area contributed by atoms with E-state index in [2.05, 4.69) is 30.9 Å². The fraction of sp³-hybridized carbons (Fsp3) is 0.267. The van der Waals surface area contributed by atoms with Gasteiger partial charge in [-0.1, -0.05) is 0 Å². The van der Waals surface area contributed by atoms with Gasteiger partial charge in [0.25, 0.3) is 0 Å². The molecule has 1 aliphatic rings. The highest BCUT2D eigenvalue weighted by molar-refractivity contribution is 7.15. The van der Waals surface area contributed by atoms with Crippen molar-refractivity contribution >= 4 is 34.3 Å². The van der Waals surface area contributed by atoms with Crippen LogP contribution in [0.5, 0.6) is 0 Å². The van der Waals surface area contributed by atoms with Crippen molar-refractivity contribution < 1.29 is 4.74 Å². The molecule has 120 valence electrons. The molecule has 2 N–H and O–H groups in total. The topological polar surface area (TPSA) is 114 Å². The first-order valence-corrected chi connectivity index (χ1v) is 8.19. The highest BCUT2D eigenvalue weighted by Crippen LogP contribution is 2.29. The first-order valence-electron chi connectivity index (χ1n) is 7.38. The molecule has 0 saturated carbocycles. The molecule has 0 bridgehead atoms. The van der Waals surface area contributed by atoms with Gasteiger partial charge in [0, 0.05) is 13.1 Å². The summed E-state index contributed by atoms with van der Waals surface area (Å²) in [5.41, 5.74) is 7.58. The van der Waals surface area contributed by atoms with Crippen LogP contribution in [0.15, 0.2) is 18.3 Å². The second-order valence-electron chi connectivity index (χ2n) is 5.21. The minimum atomic E-state index is 0.175. The SMILES string of the molecule is N#Cc1ccc(-c2cnc3nc(N)nc(N4CCOCC4)c3n2)s1. The molecule has 0 aliphatic carbocycles. The van der Waals surface area contributed by atoms with Crippen LogP contribution in [-0.2, 0) is 4.74 Å². The van der Waals surface area contributed by atoms with Gasteiger partial charge in [-0.2, -0.15) is 15.2 Å². The first kappa shape index (κ1) is 14.7. The Morgan fingerprint density at radius 2 is 2.04 bits per heavy atom. The molecule has 0 atom stereocenters. The van der Waals surface area contributed by atoms with Gasteiger partial charge in [0.05, 0.1) is 30.0 Å². The standard InChI is InChI=1S/C15H13N7OS/c16-7-9-1-2-11(24-9)10-8-18-13-12(19-10)14(21-15(17)20-13)22-3-5-23-6-4-22/h1-2,8H,3-6H2,(H2,17,18,20,21). The number of fused-ring (bicyclic) bond motifs is 1. The Bertz CT molecular complexity index is 943. The van der Waals surface area contributed by atoms with Crippen molar-refractivity contribution in [3.05, 3.63) is 23.2 Å². The number of nitriles is 1. The highest BCUT2D eigenvalue weighted by Gasteiger charge is 2.19. The van der Waals surface area contributed by atoms with E-state index in [0.29, 0.717) is 40.8 Å². The van der Waals surface area contributed by atoms with Crippen molar-refractivity contribution in [2.24, 2.45) is 0 Å². The van der Waals surface area contributed by atoms with Gasteiger partial charge in [-0.3, -0.25) is 0 Å². The van der Waals surface area contributed by atoms with Gasteiger partial charge in [-0.15, -0.1) is 11.3 Å². The number of hydrogen-bond acceptors (Lipinski definition) is 9. The lowest BCUT2D eigenvalue weighted by atomic mass is 10.3. The van der Waals surface area contributed by atoms with Crippen LogP contribution in [0, 0.1) is 11.3 Å². The van der Waals surface area contributed by atoms with E-state index in [0.717, 1.165) is 18.0 Å². The molecule has 1 saturated heterocycles. The minimum absolute atomic E-state index is 0.175. The highest BCUT2D eigenvalue weighted by atomic mass is 32.1. The monoisotopic (exact) mass is 339 g/mol. The minimum Gasteiger partial charge on any atom is -0.378 e. The molecule has 0 spiro atoms. The van der Waals surface area contributed by atoms with Crippen molar-refractivity contribution in [3.8, 4) is 16.6 Å². The normalized spacial score (nSPS) is 14.7. The van der Waals surface area contributed by atoms with Gasteiger partial charge in [-0.25, -0.2) is 9.97 Å². The molecule has 1 aliphatic heterocycles. The number of nitrogens with zero attached hydrogens (tertiary/aromatic N) is 6. The van der Waals surface area contributed by atoms with Crippen molar-refractivity contribution in [3.63, 3.8) is 0 Å². The second-order valence-corrected chi connectivity index (χ2v) is 6.29. The molecule has 0 radical (unpaired) electrons. The summed E-state index contributed by atoms with van der Waals surface area (Å²) in [6.45, 7) is 2.70. The smallest absolute Gasteiger partial charge is 0.224 e.